The lowest BCUT2D eigenvalue weighted by molar-refractivity contribution is 0.188. The molecule has 4 rings (SSSR count). The molecule has 0 radical (unpaired) electrons. The number of likely N-dealkylation sites (tertiary alicyclic amines) is 1. The number of rotatable bonds is 5. The molecular weight excluding hydrogens is 522 g/mol. The second-order valence-corrected chi connectivity index (χ2v) is 8.03. The van der Waals surface area contributed by atoms with Gasteiger partial charge in [0.05, 0.1) is 12.6 Å². The summed E-state index contributed by atoms with van der Waals surface area (Å²) in [4.78, 5) is 16.0. The summed E-state index contributed by atoms with van der Waals surface area (Å²) in [5, 5.41) is 13.2. The van der Waals surface area contributed by atoms with Gasteiger partial charge in [-0.2, -0.15) is 0 Å². The highest BCUT2D eigenvalue weighted by Crippen LogP contribution is 2.20. The SMILES string of the molecule is CCNC(=NCc1ccnc(N2CCN(c3ccc(F)cc3)CC2)c1)N1CC[C@@H](O)C1.I. The lowest BCUT2D eigenvalue weighted by atomic mass is 10.2. The van der Waals surface area contributed by atoms with E-state index in [9.17, 15) is 9.50 Å². The summed E-state index contributed by atoms with van der Waals surface area (Å²) in [6.45, 7) is 8.36. The van der Waals surface area contributed by atoms with Crippen molar-refractivity contribution in [3.8, 4) is 0 Å². The van der Waals surface area contributed by atoms with Crippen LogP contribution in [0.4, 0.5) is 15.9 Å². The largest absolute Gasteiger partial charge is 0.391 e. The van der Waals surface area contributed by atoms with Crippen LogP contribution in [0.15, 0.2) is 47.6 Å². The smallest absolute Gasteiger partial charge is 0.194 e. The summed E-state index contributed by atoms with van der Waals surface area (Å²) < 4.78 is 13.2. The molecular formula is C23H32FIN6O. The number of benzene rings is 1. The van der Waals surface area contributed by atoms with Crippen molar-refractivity contribution in [3.63, 3.8) is 0 Å². The predicted molar refractivity (Wildman–Crippen MR) is 137 cm³/mol. The van der Waals surface area contributed by atoms with E-state index in [4.69, 9.17) is 4.99 Å². The second-order valence-electron chi connectivity index (χ2n) is 8.03. The number of nitrogens with zero attached hydrogens (tertiary/aromatic N) is 5. The number of aliphatic imine (C=N–C) groups is 1. The maximum Gasteiger partial charge on any atom is 0.194 e. The van der Waals surface area contributed by atoms with Crippen LogP contribution in [-0.4, -0.2) is 72.9 Å². The van der Waals surface area contributed by atoms with Crippen LogP contribution < -0.4 is 15.1 Å². The van der Waals surface area contributed by atoms with Crippen molar-refractivity contribution in [3.05, 3.63) is 54.0 Å². The maximum absolute atomic E-state index is 13.2. The maximum atomic E-state index is 13.2. The van der Waals surface area contributed by atoms with Gasteiger partial charge >= 0.3 is 0 Å². The van der Waals surface area contributed by atoms with Crippen LogP contribution in [0.3, 0.4) is 0 Å². The Morgan fingerprint density at radius 2 is 1.84 bits per heavy atom. The molecule has 9 heteroatoms. The summed E-state index contributed by atoms with van der Waals surface area (Å²) in [6.07, 6.45) is 2.36. The number of halogens is 2. The van der Waals surface area contributed by atoms with E-state index in [2.05, 4.69) is 38.0 Å². The summed E-state index contributed by atoms with van der Waals surface area (Å²) in [7, 11) is 0. The van der Waals surface area contributed by atoms with Gasteiger partial charge in [0, 0.05) is 57.7 Å². The summed E-state index contributed by atoms with van der Waals surface area (Å²) in [6, 6.07) is 10.8. The highest BCUT2D eigenvalue weighted by molar-refractivity contribution is 14.0. The zero-order valence-electron chi connectivity index (χ0n) is 18.5. The Hall–Kier alpha value is -2.14. The zero-order valence-corrected chi connectivity index (χ0v) is 20.8. The zero-order chi connectivity index (χ0) is 21.6. The first-order chi connectivity index (χ1) is 15.1. The number of piperazine rings is 1. The first-order valence-electron chi connectivity index (χ1n) is 11.0. The Kier molecular flexibility index (Phi) is 8.92. The van der Waals surface area contributed by atoms with Gasteiger partial charge in [0.2, 0.25) is 0 Å². The van der Waals surface area contributed by atoms with Crippen molar-refractivity contribution in [1.29, 1.82) is 0 Å². The van der Waals surface area contributed by atoms with E-state index >= 15 is 0 Å². The average Bonchev–Trinajstić information content (AvgIpc) is 3.23. The van der Waals surface area contributed by atoms with E-state index in [0.29, 0.717) is 13.1 Å². The van der Waals surface area contributed by atoms with Crippen molar-refractivity contribution in [1.82, 2.24) is 15.2 Å². The number of aromatic nitrogens is 1. The number of aliphatic hydroxyl groups excluding tert-OH is 1. The van der Waals surface area contributed by atoms with Gasteiger partial charge in [-0.1, -0.05) is 0 Å². The van der Waals surface area contributed by atoms with Gasteiger partial charge in [-0.05, 0) is 55.3 Å². The molecule has 2 aromatic rings. The molecule has 0 spiro atoms. The second kappa shape index (κ2) is 11.6. The molecule has 0 amide bonds. The Morgan fingerprint density at radius 1 is 1.12 bits per heavy atom. The van der Waals surface area contributed by atoms with Gasteiger partial charge in [-0.15, -0.1) is 24.0 Å². The number of hydrogen-bond donors (Lipinski definition) is 2. The van der Waals surface area contributed by atoms with Crippen molar-refractivity contribution in [2.45, 2.75) is 26.0 Å². The fourth-order valence-electron chi connectivity index (χ4n) is 4.10. The van der Waals surface area contributed by atoms with Crippen LogP contribution in [0.5, 0.6) is 0 Å². The Bertz CT molecular complexity index is 888. The molecule has 1 aromatic heterocycles. The third kappa shape index (κ3) is 6.22. The number of nitrogens with one attached hydrogen (secondary N) is 1. The van der Waals surface area contributed by atoms with Crippen LogP contribution >= 0.6 is 24.0 Å². The van der Waals surface area contributed by atoms with Gasteiger partial charge in [0.25, 0.3) is 0 Å². The molecule has 1 aromatic carbocycles. The van der Waals surface area contributed by atoms with Gasteiger partial charge in [0.15, 0.2) is 5.96 Å². The minimum atomic E-state index is -0.273. The van der Waals surface area contributed by atoms with E-state index < -0.39 is 0 Å². The molecule has 3 heterocycles. The topological polar surface area (TPSA) is 67.2 Å². The van der Waals surface area contributed by atoms with E-state index in [-0.39, 0.29) is 35.9 Å². The summed E-state index contributed by atoms with van der Waals surface area (Å²) >= 11 is 0. The third-order valence-corrected chi connectivity index (χ3v) is 5.81. The highest BCUT2D eigenvalue weighted by atomic mass is 127. The van der Waals surface area contributed by atoms with Crippen molar-refractivity contribution in [2.24, 2.45) is 4.99 Å². The molecule has 0 saturated carbocycles. The molecule has 2 saturated heterocycles. The van der Waals surface area contributed by atoms with E-state index in [1.165, 1.54) is 12.1 Å². The monoisotopic (exact) mass is 554 g/mol. The van der Waals surface area contributed by atoms with Gasteiger partial charge < -0.3 is 25.1 Å². The molecule has 32 heavy (non-hydrogen) atoms. The first-order valence-corrected chi connectivity index (χ1v) is 11.0. The molecule has 0 bridgehead atoms. The van der Waals surface area contributed by atoms with Crippen LogP contribution in [0.1, 0.15) is 18.9 Å². The Balaban J connectivity index is 0.00000289. The molecule has 7 nitrogen and oxygen atoms in total. The lowest BCUT2D eigenvalue weighted by Gasteiger charge is -2.36. The molecule has 2 fully saturated rings. The van der Waals surface area contributed by atoms with E-state index in [1.54, 1.807) is 0 Å². The fraction of sp³-hybridized carbons (Fsp3) is 0.478. The van der Waals surface area contributed by atoms with Gasteiger partial charge in [-0.3, -0.25) is 0 Å². The summed E-state index contributed by atoms with van der Waals surface area (Å²) in [5.41, 5.74) is 2.17. The standard InChI is InChI=1S/C23H31FN6O.HI/c1-2-25-23(30-10-8-21(31)17-30)27-16-18-7-9-26-22(15-18)29-13-11-28(12-14-29)20-5-3-19(24)4-6-20;/h3-7,9,15,21,31H,2,8,10-14,16-17H2,1H3,(H,25,27);1H/t21-;/m1./s1. The molecule has 0 unspecified atom stereocenters. The molecule has 2 aliphatic rings. The molecule has 2 N–H and O–H groups in total. The van der Waals surface area contributed by atoms with E-state index in [1.807, 2.05) is 24.4 Å². The predicted octanol–water partition coefficient (Wildman–Crippen LogP) is 2.70. The summed E-state index contributed by atoms with van der Waals surface area (Å²) in [5.74, 6) is 1.61. The minimum Gasteiger partial charge on any atom is -0.391 e. The van der Waals surface area contributed by atoms with Crippen LogP contribution in [0, 0.1) is 5.82 Å². The molecule has 1 atom stereocenters. The fourth-order valence-corrected chi connectivity index (χ4v) is 4.10. The third-order valence-electron chi connectivity index (χ3n) is 5.81. The first kappa shape index (κ1) is 24.5. The Morgan fingerprint density at radius 3 is 2.50 bits per heavy atom. The quantitative estimate of drug-likeness (QED) is 0.337. The van der Waals surface area contributed by atoms with Crippen molar-refractivity contribution >= 4 is 41.4 Å². The number of guanidine groups is 1. The normalized spacial score (nSPS) is 19.2. The number of pyridine rings is 1. The van der Waals surface area contributed by atoms with Crippen LogP contribution in [0.25, 0.3) is 0 Å². The lowest BCUT2D eigenvalue weighted by Crippen LogP contribution is -2.46. The molecule has 0 aliphatic carbocycles. The minimum absolute atomic E-state index is 0. The molecule has 174 valence electrons. The number of aliphatic hydroxyl groups is 1. The van der Waals surface area contributed by atoms with Crippen molar-refractivity contribution < 1.29 is 9.50 Å². The van der Waals surface area contributed by atoms with Gasteiger partial charge in [-0.25, -0.2) is 14.4 Å². The highest BCUT2D eigenvalue weighted by Gasteiger charge is 2.23. The van der Waals surface area contributed by atoms with Gasteiger partial charge in [0.1, 0.15) is 11.6 Å². The molecule has 2 aliphatic heterocycles. The Labute approximate surface area is 206 Å². The van der Waals surface area contributed by atoms with E-state index in [0.717, 1.165) is 68.7 Å². The van der Waals surface area contributed by atoms with Crippen LogP contribution in [0.2, 0.25) is 0 Å². The number of anilines is 2. The number of β-amino-alcohol motifs (C(OH)–C–C–N with tert-alkyl or cyclic N) is 1. The average molecular weight is 554 g/mol. The van der Waals surface area contributed by atoms with Crippen LogP contribution in [-0.2, 0) is 6.54 Å². The van der Waals surface area contributed by atoms with Crippen molar-refractivity contribution in [2.75, 3.05) is 55.6 Å². The number of hydrogen-bond acceptors (Lipinski definition) is 5.